The molecule has 0 spiro atoms. The smallest absolute Gasteiger partial charge is 0.263 e. The molecule has 0 aromatic carbocycles. The molecular formula is C14H19N5O2. The van der Waals surface area contributed by atoms with E-state index in [2.05, 4.69) is 20.0 Å². The molecule has 21 heavy (non-hydrogen) atoms. The second kappa shape index (κ2) is 5.79. The molecule has 1 fully saturated rings. The van der Waals surface area contributed by atoms with E-state index in [0.717, 1.165) is 18.8 Å². The van der Waals surface area contributed by atoms with Crippen LogP contribution in [-0.2, 0) is 0 Å². The summed E-state index contributed by atoms with van der Waals surface area (Å²) in [7, 11) is 0. The first-order valence-electron chi connectivity index (χ1n) is 7.15. The Bertz CT molecular complexity index is 672. The zero-order valence-corrected chi connectivity index (χ0v) is 12.0. The van der Waals surface area contributed by atoms with Crippen molar-refractivity contribution in [2.45, 2.75) is 25.8 Å². The van der Waals surface area contributed by atoms with Gasteiger partial charge in [0.1, 0.15) is 5.56 Å². The first kappa shape index (κ1) is 14.0. The summed E-state index contributed by atoms with van der Waals surface area (Å²) in [6.45, 7) is 4.66. The Balaban J connectivity index is 1.77. The number of hydrogen-bond acceptors (Lipinski definition) is 6. The van der Waals surface area contributed by atoms with Crippen LogP contribution >= 0.6 is 0 Å². The van der Waals surface area contributed by atoms with Crippen molar-refractivity contribution in [1.82, 2.24) is 20.0 Å². The molecule has 7 nitrogen and oxygen atoms in total. The number of aromatic nitrogens is 3. The predicted molar refractivity (Wildman–Crippen MR) is 77.7 cm³/mol. The molecule has 0 radical (unpaired) electrons. The third-order valence-corrected chi connectivity index (χ3v) is 3.71. The molecule has 0 saturated carbocycles. The van der Waals surface area contributed by atoms with E-state index in [-0.39, 0.29) is 17.4 Å². The van der Waals surface area contributed by atoms with Crippen LogP contribution in [0.15, 0.2) is 21.6 Å². The molecule has 1 aliphatic heterocycles. The van der Waals surface area contributed by atoms with Crippen molar-refractivity contribution in [1.29, 1.82) is 0 Å². The van der Waals surface area contributed by atoms with Gasteiger partial charge < -0.3 is 20.1 Å². The SMILES string of the molecule is Cc1cc(=O)c(-c2nc(C(N)CN3CCCC3)no2)c[nH]1. The molecule has 3 N–H and O–H groups in total. The molecule has 1 atom stereocenters. The van der Waals surface area contributed by atoms with Crippen LogP contribution < -0.4 is 11.2 Å². The fourth-order valence-electron chi connectivity index (χ4n) is 2.56. The maximum absolute atomic E-state index is 11.9. The van der Waals surface area contributed by atoms with Gasteiger partial charge in [-0.25, -0.2) is 0 Å². The Morgan fingerprint density at radius 2 is 2.24 bits per heavy atom. The highest BCUT2D eigenvalue weighted by Gasteiger charge is 2.21. The molecule has 1 unspecified atom stereocenters. The van der Waals surface area contributed by atoms with E-state index in [1.165, 1.54) is 18.9 Å². The second-order valence-electron chi connectivity index (χ2n) is 5.47. The molecule has 112 valence electrons. The molecule has 7 heteroatoms. The lowest BCUT2D eigenvalue weighted by atomic mass is 10.2. The lowest BCUT2D eigenvalue weighted by Crippen LogP contribution is -2.30. The number of nitrogens with zero attached hydrogens (tertiary/aromatic N) is 3. The van der Waals surface area contributed by atoms with Gasteiger partial charge in [0.2, 0.25) is 0 Å². The third-order valence-electron chi connectivity index (χ3n) is 3.71. The van der Waals surface area contributed by atoms with Crippen LogP contribution in [-0.4, -0.2) is 39.7 Å². The Morgan fingerprint density at radius 1 is 1.48 bits per heavy atom. The van der Waals surface area contributed by atoms with Gasteiger partial charge >= 0.3 is 0 Å². The summed E-state index contributed by atoms with van der Waals surface area (Å²) >= 11 is 0. The standard InChI is InChI=1S/C14H19N5O2/c1-9-6-12(20)10(7-16-9)14-17-13(18-21-14)11(15)8-19-4-2-3-5-19/h6-7,11H,2-5,8,15H2,1H3,(H,16,20). The maximum atomic E-state index is 11.9. The van der Waals surface area contributed by atoms with Gasteiger partial charge in [0.25, 0.3) is 5.89 Å². The fraction of sp³-hybridized carbons (Fsp3) is 0.500. The fourth-order valence-corrected chi connectivity index (χ4v) is 2.56. The summed E-state index contributed by atoms with van der Waals surface area (Å²) in [5.41, 5.74) is 7.13. The summed E-state index contributed by atoms with van der Waals surface area (Å²) in [5, 5.41) is 3.91. The minimum Gasteiger partial charge on any atom is -0.364 e. The van der Waals surface area contributed by atoms with Crippen LogP contribution in [0.5, 0.6) is 0 Å². The Labute approximate surface area is 122 Å². The molecule has 1 saturated heterocycles. The number of likely N-dealkylation sites (tertiary alicyclic amines) is 1. The van der Waals surface area contributed by atoms with Crippen molar-refractivity contribution in [2.24, 2.45) is 5.73 Å². The molecule has 3 heterocycles. The largest absolute Gasteiger partial charge is 0.364 e. The van der Waals surface area contributed by atoms with Crippen LogP contribution in [0.1, 0.15) is 30.4 Å². The molecule has 3 rings (SSSR count). The van der Waals surface area contributed by atoms with Gasteiger partial charge in [0, 0.05) is 24.5 Å². The highest BCUT2D eigenvalue weighted by Crippen LogP contribution is 2.17. The number of H-pyrrole nitrogens is 1. The Hall–Kier alpha value is -1.99. The second-order valence-corrected chi connectivity index (χ2v) is 5.47. The molecule has 2 aromatic rings. The zero-order chi connectivity index (χ0) is 14.8. The van der Waals surface area contributed by atoms with Crippen molar-refractivity contribution in [2.75, 3.05) is 19.6 Å². The maximum Gasteiger partial charge on any atom is 0.263 e. The first-order valence-corrected chi connectivity index (χ1v) is 7.15. The topological polar surface area (TPSA) is 101 Å². The molecular weight excluding hydrogens is 270 g/mol. The third kappa shape index (κ3) is 3.03. The normalized spacial score (nSPS) is 17.2. The highest BCUT2D eigenvalue weighted by atomic mass is 16.5. The molecule has 0 bridgehead atoms. The quantitative estimate of drug-likeness (QED) is 0.864. The van der Waals surface area contributed by atoms with Gasteiger partial charge in [-0.2, -0.15) is 4.98 Å². The van der Waals surface area contributed by atoms with Gasteiger partial charge in [-0.15, -0.1) is 0 Å². The Morgan fingerprint density at radius 3 is 2.95 bits per heavy atom. The lowest BCUT2D eigenvalue weighted by Gasteiger charge is -2.17. The molecule has 0 amide bonds. The average molecular weight is 289 g/mol. The van der Waals surface area contributed by atoms with Crippen LogP contribution in [0, 0.1) is 6.92 Å². The van der Waals surface area contributed by atoms with Gasteiger partial charge in [0.15, 0.2) is 11.3 Å². The van der Waals surface area contributed by atoms with Crippen molar-refractivity contribution in [3.05, 3.63) is 34.0 Å². The number of aromatic amines is 1. The molecule has 1 aliphatic rings. The predicted octanol–water partition coefficient (Wildman–Crippen LogP) is 0.829. The van der Waals surface area contributed by atoms with Crippen LogP contribution in [0.3, 0.4) is 0 Å². The molecule has 2 aromatic heterocycles. The van der Waals surface area contributed by atoms with E-state index in [4.69, 9.17) is 10.3 Å². The minimum absolute atomic E-state index is 0.144. The Kier molecular flexibility index (Phi) is 3.85. The number of nitrogens with two attached hydrogens (primary N) is 1. The first-order chi connectivity index (χ1) is 10.1. The van der Waals surface area contributed by atoms with Gasteiger partial charge in [-0.05, 0) is 32.9 Å². The average Bonchev–Trinajstić information content (AvgIpc) is 3.09. The number of aryl methyl sites for hydroxylation is 1. The zero-order valence-electron chi connectivity index (χ0n) is 12.0. The monoisotopic (exact) mass is 289 g/mol. The van der Waals surface area contributed by atoms with E-state index in [9.17, 15) is 4.79 Å². The number of rotatable bonds is 4. The minimum atomic E-state index is -0.301. The van der Waals surface area contributed by atoms with E-state index in [1.807, 2.05) is 6.92 Å². The lowest BCUT2D eigenvalue weighted by molar-refractivity contribution is 0.306. The van der Waals surface area contributed by atoms with E-state index in [0.29, 0.717) is 17.9 Å². The highest BCUT2D eigenvalue weighted by molar-refractivity contribution is 5.50. The van der Waals surface area contributed by atoms with E-state index >= 15 is 0 Å². The van der Waals surface area contributed by atoms with Crippen LogP contribution in [0.4, 0.5) is 0 Å². The van der Waals surface area contributed by atoms with Crippen LogP contribution in [0.25, 0.3) is 11.5 Å². The van der Waals surface area contributed by atoms with Gasteiger partial charge in [-0.3, -0.25) is 4.79 Å². The molecule has 0 aliphatic carbocycles. The number of pyridine rings is 1. The van der Waals surface area contributed by atoms with Crippen molar-refractivity contribution in [3.63, 3.8) is 0 Å². The summed E-state index contributed by atoms with van der Waals surface area (Å²) in [6, 6.07) is 1.20. The van der Waals surface area contributed by atoms with Gasteiger partial charge in [-0.1, -0.05) is 5.16 Å². The number of hydrogen-bond donors (Lipinski definition) is 2. The summed E-state index contributed by atoms with van der Waals surface area (Å²) in [4.78, 5) is 21.4. The summed E-state index contributed by atoms with van der Waals surface area (Å²) in [5.74, 6) is 0.653. The summed E-state index contributed by atoms with van der Waals surface area (Å²) in [6.07, 6.45) is 4.01. The summed E-state index contributed by atoms with van der Waals surface area (Å²) < 4.78 is 5.18. The van der Waals surface area contributed by atoms with Gasteiger partial charge in [0.05, 0.1) is 6.04 Å². The van der Waals surface area contributed by atoms with E-state index < -0.39 is 0 Å². The van der Waals surface area contributed by atoms with Crippen molar-refractivity contribution >= 4 is 0 Å². The van der Waals surface area contributed by atoms with E-state index in [1.54, 1.807) is 6.20 Å². The van der Waals surface area contributed by atoms with Crippen molar-refractivity contribution < 1.29 is 4.52 Å². The number of nitrogens with one attached hydrogen (secondary N) is 1. The van der Waals surface area contributed by atoms with Crippen molar-refractivity contribution in [3.8, 4) is 11.5 Å². The van der Waals surface area contributed by atoms with Crippen LogP contribution in [0.2, 0.25) is 0 Å².